The summed E-state index contributed by atoms with van der Waals surface area (Å²) in [6, 6.07) is 5.78. The first-order valence-electron chi connectivity index (χ1n) is 4.84. The van der Waals surface area contributed by atoms with Gasteiger partial charge in [-0.15, -0.1) is 0 Å². The molecular weight excluding hydrogens is 229 g/mol. The first kappa shape index (κ1) is 10.7. The van der Waals surface area contributed by atoms with E-state index in [1.54, 1.807) is 6.20 Å². The van der Waals surface area contributed by atoms with Gasteiger partial charge in [-0.05, 0) is 17.5 Å². The topological polar surface area (TPSA) is 12.9 Å². The lowest BCUT2D eigenvalue weighted by molar-refractivity contribution is 0.874. The molecule has 0 aliphatic heterocycles. The van der Waals surface area contributed by atoms with Gasteiger partial charge in [-0.1, -0.05) is 49.2 Å². The van der Waals surface area contributed by atoms with Crippen LogP contribution in [0.3, 0.4) is 0 Å². The Bertz CT molecular complexity index is 506. The summed E-state index contributed by atoms with van der Waals surface area (Å²) in [4.78, 5) is 4.26. The van der Waals surface area contributed by atoms with Gasteiger partial charge in [-0.25, -0.2) is 0 Å². The van der Waals surface area contributed by atoms with E-state index in [1.807, 2.05) is 18.2 Å². The molecule has 0 bridgehead atoms. The zero-order valence-electron chi connectivity index (χ0n) is 8.59. The van der Waals surface area contributed by atoms with E-state index < -0.39 is 0 Å². The van der Waals surface area contributed by atoms with Crippen molar-refractivity contribution in [1.82, 2.24) is 4.98 Å². The highest BCUT2D eigenvalue weighted by molar-refractivity contribution is 6.36. The molecule has 0 atom stereocenters. The third kappa shape index (κ3) is 1.82. The van der Waals surface area contributed by atoms with E-state index in [9.17, 15) is 0 Å². The van der Waals surface area contributed by atoms with Gasteiger partial charge in [-0.2, -0.15) is 0 Å². The molecule has 0 radical (unpaired) electrons. The van der Waals surface area contributed by atoms with Crippen LogP contribution in [-0.2, 0) is 0 Å². The van der Waals surface area contributed by atoms with Gasteiger partial charge in [0.2, 0.25) is 0 Å². The van der Waals surface area contributed by atoms with Crippen LogP contribution in [0.25, 0.3) is 10.9 Å². The van der Waals surface area contributed by atoms with E-state index in [1.165, 1.54) is 0 Å². The third-order valence-electron chi connectivity index (χ3n) is 2.42. The van der Waals surface area contributed by atoms with Crippen LogP contribution in [0.2, 0.25) is 10.0 Å². The molecule has 0 amide bonds. The van der Waals surface area contributed by atoms with Crippen LogP contribution in [0.4, 0.5) is 0 Å². The van der Waals surface area contributed by atoms with E-state index in [-0.39, 0.29) is 0 Å². The normalized spacial score (nSPS) is 11.3. The largest absolute Gasteiger partial charge is 0.253 e. The third-order valence-corrected chi connectivity index (χ3v) is 3.02. The number of pyridine rings is 1. The molecule has 1 nitrogen and oxygen atoms in total. The highest BCUT2D eigenvalue weighted by atomic mass is 35.5. The molecule has 0 N–H and O–H groups in total. The molecule has 2 rings (SSSR count). The molecule has 0 fully saturated rings. The fraction of sp³-hybridized carbons (Fsp3) is 0.250. The second kappa shape index (κ2) is 3.99. The summed E-state index contributed by atoms with van der Waals surface area (Å²) < 4.78 is 0. The Morgan fingerprint density at radius 2 is 1.87 bits per heavy atom. The van der Waals surface area contributed by atoms with Crippen molar-refractivity contribution in [2.45, 2.75) is 19.8 Å². The monoisotopic (exact) mass is 239 g/mol. The lowest BCUT2D eigenvalue weighted by Crippen LogP contribution is -1.93. The predicted molar refractivity (Wildman–Crippen MR) is 65.9 cm³/mol. The van der Waals surface area contributed by atoms with E-state index in [2.05, 4.69) is 18.8 Å². The Hall–Kier alpha value is -0.790. The Labute approximate surface area is 99.0 Å². The van der Waals surface area contributed by atoms with Crippen LogP contribution < -0.4 is 0 Å². The highest BCUT2D eigenvalue weighted by Crippen LogP contribution is 2.33. The van der Waals surface area contributed by atoms with Gasteiger partial charge < -0.3 is 0 Å². The average molecular weight is 240 g/mol. The zero-order chi connectivity index (χ0) is 11.0. The van der Waals surface area contributed by atoms with Crippen LogP contribution in [-0.4, -0.2) is 4.98 Å². The molecule has 0 aliphatic rings. The molecule has 0 spiro atoms. The lowest BCUT2D eigenvalue weighted by atomic mass is 9.99. The quantitative estimate of drug-likeness (QED) is 0.706. The molecule has 0 saturated carbocycles. The molecular formula is C12H11Cl2N. The number of fused-ring (bicyclic) bond motifs is 1. The molecule has 2 aromatic rings. The summed E-state index contributed by atoms with van der Waals surface area (Å²) in [5, 5.41) is 2.43. The minimum atomic E-state index is 0.362. The maximum atomic E-state index is 6.14. The Balaban J connectivity index is 2.88. The summed E-state index contributed by atoms with van der Waals surface area (Å²) in [5.41, 5.74) is 1.94. The molecule has 3 heteroatoms. The summed E-state index contributed by atoms with van der Waals surface area (Å²) in [5.74, 6) is 0.362. The first-order chi connectivity index (χ1) is 7.11. The van der Waals surface area contributed by atoms with Gasteiger partial charge >= 0.3 is 0 Å². The van der Waals surface area contributed by atoms with Crippen LogP contribution in [0.5, 0.6) is 0 Å². The van der Waals surface area contributed by atoms with Crippen molar-refractivity contribution in [1.29, 1.82) is 0 Å². The molecule has 0 saturated heterocycles. The number of rotatable bonds is 1. The second-order valence-corrected chi connectivity index (χ2v) is 4.62. The number of para-hydroxylation sites is 1. The Morgan fingerprint density at radius 3 is 2.53 bits per heavy atom. The van der Waals surface area contributed by atoms with E-state index in [0.717, 1.165) is 16.5 Å². The minimum Gasteiger partial charge on any atom is -0.253 e. The van der Waals surface area contributed by atoms with Gasteiger partial charge in [0, 0.05) is 11.6 Å². The van der Waals surface area contributed by atoms with Crippen molar-refractivity contribution in [3.05, 3.63) is 40.0 Å². The number of halogens is 2. The molecule has 1 aromatic carbocycles. The molecule has 1 aromatic heterocycles. The SMILES string of the molecule is CC(C)c1c(Cl)cnc2c(Cl)cccc12. The smallest absolute Gasteiger partial charge is 0.0892 e. The van der Waals surface area contributed by atoms with Crippen LogP contribution >= 0.6 is 23.2 Å². The summed E-state index contributed by atoms with van der Waals surface area (Å²) in [6.45, 7) is 4.23. The van der Waals surface area contributed by atoms with Crippen molar-refractivity contribution < 1.29 is 0 Å². The fourth-order valence-electron chi connectivity index (χ4n) is 1.77. The maximum absolute atomic E-state index is 6.14. The summed E-state index contributed by atoms with van der Waals surface area (Å²) in [7, 11) is 0. The zero-order valence-corrected chi connectivity index (χ0v) is 10.1. The van der Waals surface area contributed by atoms with Crippen LogP contribution in [0.1, 0.15) is 25.3 Å². The highest BCUT2D eigenvalue weighted by Gasteiger charge is 2.11. The van der Waals surface area contributed by atoms with Crippen molar-refractivity contribution in [2.75, 3.05) is 0 Å². The Kier molecular flexibility index (Phi) is 2.85. The van der Waals surface area contributed by atoms with Gasteiger partial charge in [0.15, 0.2) is 0 Å². The van der Waals surface area contributed by atoms with Crippen molar-refractivity contribution in [3.63, 3.8) is 0 Å². The average Bonchev–Trinajstić information content (AvgIpc) is 2.17. The number of aromatic nitrogens is 1. The maximum Gasteiger partial charge on any atom is 0.0892 e. The molecule has 1 heterocycles. The molecule has 0 aliphatic carbocycles. The number of hydrogen-bond acceptors (Lipinski definition) is 1. The van der Waals surface area contributed by atoms with E-state index >= 15 is 0 Å². The van der Waals surface area contributed by atoms with E-state index in [0.29, 0.717) is 16.0 Å². The van der Waals surface area contributed by atoms with Gasteiger partial charge in [0.1, 0.15) is 0 Å². The summed E-state index contributed by atoms with van der Waals surface area (Å²) in [6.07, 6.45) is 1.67. The Morgan fingerprint density at radius 1 is 1.13 bits per heavy atom. The molecule has 15 heavy (non-hydrogen) atoms. The fourth-order valence-corrected chi connectivity index (χ4v) is 2.36. The number of nitrogens with zero attached hydrogens (tertiary/aromatic N) is 1. The van der Waals surface area contributed by atoms with Gasteiger partial charge in [0.05, 0.1) is 15.6 Å². The molecule has 0 unspecified atom stereocenters. The first-order valence-corrected chi connectivity index (χ1v) is 5.59. The number of benzene rings is 1. The number of hydrogen-bond donors (Lipinski definition) is 0. The van der Waals surface area contributed by atoms with Gasteiger partial charge in [-0.3, -0.25) is 4.98 Å². The predicted octanol–water partition coefficient (Wildman–Crippen LogP) is 4.67. The van der Waals surface area contributed by atoms with Crippen LogP contribution in [0.15, 0.2) is 24.4 Å². The second-order valence-electron chi connectivity index (χ2n) is 3.81. The lowest BCUT2D eigenvalue weighted by Gasteiger charge is -2.12. The molecule has 78 valence electrons. The summed E-state index contributed by atoms with van der Waals surface area (Å²) >= 11 is 12.2. The van der Waals surface area contributed by atoms with Crippen molar-refractivity contribution in [3.8, 4) is 0 Å². The van der Waals surface area contributed by atoms with Crippen molar-refractivity contribution in [2.24, 2.45) is 0 Å². The van der Waals surface area contributed by atoms with E-state index in [4.69, 9.17) is 23.2 Å². The van der Waals surface area contributed by atoms with Gasteiger partial charge in [0.25, 0.3) is 0 Å². The van der Waals surface area contributed by atoms with Crippen molar-refractivity contribution >= 4 is 34.1 Å². The minimum absolute atomic E-state index is 0.362. The van der Waals surface area contributed by atoms with Crippen LogP contribution in [0, 0.1) is 0 Å². The standard InChI is InChI=1S/C12H11Cl2N/c1-7(2)11-8-4-3-5-9(13)12(8)15-6-10(11)14/h3-7H,1-2H3.